The number of anilines is 2. The van der Waals surface area contributed by atoms with Crippen LogP contribution >= 0.6 is 12.2 Å². The lowest BCUT2D eigenvalue weighted by molar-refractivity contribution is 0.448. The Bertz CT molecular complexity index is 625. The summed E-state index contributed by atoms with van der Waals surface area (Å²) in [5, 5.41) is 2.52. The quantitative estimate of drug-likeness (QED) is 0.668. The third kappa shape index (κ3) is 2.97. The van der Waals surface area contributed by atoms with Crippen LogP contribution < -0.4 is 11.1 Å². The lowest BCUT2D eigenvalue weighted by Crippen LogP contribution is -2.12. The summed E-state index contributed by atoms with van der Waals surface area (Å²) in [5.74, 6) is -4.12. The molecule has 0 unspecified atom stereocenters. The molecule has 98 valence electrons. The largest absolute Gasteiger partial charge is 0.388 e. The Balaban J connectivity index is 2.31. The third-order valence-corrected chi connectivity index (χ3v) is 2.36. The monoisotopic (exact) mass is 284 g/mol. The van der Waals surface area contributed by atoms with E-state index < -0.39 is 17.5 Å². The molecule has 0 amide bonds. The highest BCUT2D eigenvalue weighted by Gasteiger charge is 2.11. The Morgan fingerprint density at radius 2 is 1.84 bits per heavy atom. The molecule has 3 N–H and O–H groups in total. The fourth-order valence-electron chi connectivity index (χ4n) is 1.31. The molecule has 0 saturated heterocycles. The fraction of sp³-hybridized carbons (Fsp3) is 0. The second kappa shape index (κ2) is 5.19. The maximum absolute atomic E-state index is 13.0. The molecule has 0 aliphatic rings. The van der Waals surface area contributed by atoms with E-state index in [1.165, 1.54) is 12.3 Å². The molecule has 2 aromatic rings. The zero-order valence-electron chi connectivity index (χ0n) is 9.32. The molecule has 0 bridgehead atoms. The van der Waals surface area contributed by atoms with Gasteiger partial charge in [0.15, 0.2) is 17.5 Å². The second-order valence-corrected chi connectivity index (χ2v) is 3.95. The van der Waals surface area contributed by atoms with Crippen LogP contribution in [0.2, 0.25) is 0 Å². The van der Waals surface area contributed by atoms with Gasteiger partial charge in [-0.2, -0.15) is 0 Å². The predicted molar refractivity (Wildman–Crippen MR) is 67.5 cm³/mol. The molecule has 0 spiro atoms. The van der Waals surface area contributed by atoms with Gasteiger partial charge >= 0.3 is 0 Å². The molecule has 0 aliphatic heterocycles. The average Bonchev–Trinajstić information content (AvgIpc) is 2.36. The minimum absolute atomic E-state index is 0.0310. The van der Waals surface area contributed by atoms with Crippen molar-refractivity contribution in [3.05, 3.63) is 47.5 Å². The molecule has 4 nitrogen and oxygen atoms in total. The Morgan fingerprint density at radius 1 is 1.21 bits per heavy atom. The summed E-state index contributed by atoms with van der Waals surface area (Å²) in [6, 6.07) is 3.06. The summed E-state index contributed by atoms with van der Waals surface area (Å²) >= 11 is 4.74. The zero-order chi connectivity index (χ0) is 14.0. The number of aromatic nitrogens is 2. The summed E-state index contributed by atoms with van der Waals surface area (Å²) in [5.41, 5.74) is 5.66. The standard InChI is InChI=1S/C11H7F3N4S/c12-6-3-5(4-7(13)9(6)14)17-11-16-2-1-8(18-11)10(15)19/h1-4H,(H2,15,19)(H,16,17,18). The predicted octanol–water partition coefficient (Wildman–Crippen LogP) is 2.27. The van der Waals surface area contributed by atoms with Crippen molar-refractivity contribution < 1.29 is 13.2 Å². The highest BCUT2D eigenvalue weighted by molar-refractivity contribution is 7.80. The van der Waals surface area contributed by atoms with Crippen LogP contribution in [0.5, 0.6) is 0 Å². The van der Waals surface area contributed by atoms with E-state index in [0.717, 1.165) is 12.1 Å². The molecular formula is C11H7F3N4S. The lowest BCUT2D eigenvalue weighted by Gasteiger charge is -2.06. The van der Waals surface area contributed by atoms with Crippen molar-refractivity contribution in [2.24, 2.45) is 5.73 Å². The molecule has 0 radical (unpaired) electrons. The number of nitrogens with two attached hydrogens (primary N) is 1. The molecule has 0 fully saturated rings. The fourth-order valence-corrected chi connectivity index (χ4v) is 1.43. The summed E-state index contributed by atoms with van der Waals surface area (Å²) in [4.78, 5) is 7.80. The van der Waals surface area contributed by atoms with E-state index in [0.29, 0.717) is 5.69 Å². The smallest absolute Gasteiger partial charge is 0.227 e. The van der Waals surface area contributed by atoms with Crippen molar-refractivity contribution in [3.63, 3.8) is 0 Å². The van der Waals surface area contributed by atoms with Gasteiger partial charge in [0.1, 0.15) is 10.7 Å². The summed E-state index contributed by atoms with van der Waals surface area (Å²) in [6.07, 6.45) is 1.38. The molecule has 19 heavy (non-hydrogen) atoms. The molecule has 2 rings (SSSR count). The summed E-state index contributed by atoms with van der Waals surface area (Å²) < 4.78 is 38.8. The second-order valence-electron chi connectivity index (χ2n) is 3.51. The molecule has 1 aromatic heterocycles. The van der Waals surface area contributed by atoms with Gasteiger partial charge in [0.2, 0.25) is 5.95 Å². The van der Waals surface area contributed by atoms with Crippen molar-refractivity contribution in [1.82, 2.24) is 9.97 Å². The van der Waals surface area contributed by atoms with Crippen LogP contribution in [0.4, 0.5) is 24.8 Å². The highest BCUT2D eigenvalue weighted by Crippen LogP contribution is 2.19. The first-order chi connectivity index (χ1) is 8.97. The SMILES string of the molecule is NC(=S)c1ccnc(Nc2cc(F)c(F)c(F)c2)n1. The van der Waals surface area contributed by atoms with E-state index >= 15 is 0 Å². The molecule has 8 heteroatoms. The number of nitrogens with one attached hydrogen (secondary N) is 1. The maximum Gasteiger partial charge on any atom is 0.227 e. The van der Waals surface area contributed by atoms with Crippen LogP contribution in [0.25, 0.3) is 0 Å². The van der Waals surface area contributed by atoms with Crippen LogP contribution in [0.15, 0.2) is 24.4 Å². The van der Waals surface area contributed by atoms with E-state index in [9.17, 15) is 13.2 Å². The van der Waals surface area contributed by atoms with Gasteiger partial charge in [0.05, 0.1) is 0 Å². The van der Waals surface area contributed by atoms with Gasteiger partial charge < -0.3 is 11.1 Å². The van der Waals surface area contributed by atoms with Crippen LogP contribution in [-0.4, -0.2) is 15.0 Å². The van der Waals surface area contributed by atoms with Crippen molar-refractivity contribution in [3.8, 4) is 0 Å². The third-order valence-electron chi connectivity index (χ3n) is 2.15. The van der Waals surface area contributed by atoms with E-state index in [1.54, 1.807) is 0 Å². The van der Waals surface area contributed by atoms with Crippen molar-refractivity contribution in [2.45, 2.75) is 0 Å². The van der Waals surface area contributed by atoms with E-state index in [4.69, 9.17) is 18.0 Å². The summed E-state index contributed by atoms with van der Waals surface area (Å²) in [6.45, 7) is 0. The normalized spacial score (nSPS) is 10.3. The number of benzene rings is 1. The summed E-state index contributed by atoms with van der Waals surface area (Å²) in [7, 11) is 0. The topological polar surface area (TPSA) is 63.8 Å². The van der Waals surface area contributed by atoms with Gasteiger partial charge in [0, 0.05) is 24.0 Å². The number of nitrogens with zero attached hydrogens (tertiary/aromatic N) is 2. The van der Waals surface area contributed by atoms with Crippen LogP contribution in [0.3, 0.4) is 0 Å². The number of halogens is 3. The number of hydrogen-bond donors (Lipinski definition) is 2. The lowest BCUT2D eigenvalue weighted by atomic mass is 10.3. The van der Waals surface area contributed by atoms with Crippen molar-refractivity contribution >= 4 is 28.8 Å². The number of rotatable bonds is 3. The number of thiocarbonyl (C=S) groups is 1. The van der Waals surface area contributed by atoms with Gasteiger partial charge in [-0.3, -0.25) is 0 Å². The minimum Gasteiger partial charge on any atom is -0.388 e. The van der Waals surface area contributed by atoms with Crippen molar-refractivity contribution in [1.29, 1.82) is 0 Å². The average molecular weight is 284 g/mol. The Kier molecular flexibility index (Phi) is 3.61. The zero-order valence-corrected chi connectivity index (χ0v) is 10.1. The molecule has 1 heterocycles. The van der Waals surface area contributed by atoms with Gasteiger partial charge in [0.25, 0.3) is 0 Å². The van der Waals surface area contributed by atoms with Gasteiger partial charge in [-0.15, -0.1) is 0 Å². The van der Waals surface area contributed by atoms with E-state index in [2.05, 4.69) is 15.3 Å². The first kappa shape index (κ1) is 13.2. The van der Waals surface area contributed by atoms with Crippen LogP contribution in [0.1, 0.15) is 5.69 Å². The van der Waals surface area contributed by atoms with Crippen LogP contribution in [0, 0.1) is 17.5 Å². The molecule has 1 aromatic carbocycles. The molecule has 0 atom stereocenters. The highest BCUT2D eigenvalue weighted by atomic mass is 32.1. The van der Waals surface area contributed by atoms with E-state index in [1.807, 2.05) is 0 Å². The Hall–Kier alpha value is -2.22. The minimum atomic E-state index is -1.54. The molecular weight excluding hydrogens is 277 g/mol. The van der Waals surface area contributed by atoms with E-state index in [-0.39, 0.29) is 16.6 Å². The van der Waals surface area contributed by atoms with Gasteiger partial charge in [-0.05, 0) is 6.07 Å². The van der Waals surface area contributed by atoms with Crippen molar-refractivity contribution in [2.75, 3.05) is 5.32 Å². The molecule has 0 saturated carbocycles. The van der Waals surface area contributed by atoms with Gasteiger partial charge in [-0.1, -0.05) is 12.2 Å². The van der Waals surface area contributed by atoms with Gasteiger partial charge in [-0.25, -0.2) is 23.1 Å². The Labute approximate surface area is 111 Å². The first-order valence-electron chi connectivity index (χ1n) is 5.02. The maximum atomic E-state index is 13.0. The van der Waals surface area contributed by atoms with Crippen LogP contribution in [-0.2, 0) is 0 Å². The number of hydrogen-bond acceptors (Lipinski definition) is 4. The molecule has 0 aliphatic carbocycles. The first-order valence-corrected chi connectivity index (χ1v) is 5.42. The Morgan fingerprint density at radius 3 is 2.42 bits per heavy atom.